The number of rotatable bonds is 3. The molecular formula is C18H21N5OS3. The van der Waals surface area contributed by atoms with E-state index in [1.807, 2.05) is 24.7 Å². The van der Waals surface area contributed by atoms with Gasteiger partial charge >= 0.3 is 0 Å². The summed E-state index contributed by atoms with van der Waals surface area (Å²) in [6.45, 7) is 2.03. The minimum absolute atomic E-state index is 0.239. The third-order valence-electron chi connectivity index (χ3n) is 6.27. The van der Waals surface area contributed by atoms with E-state index in [9.17, 15) is 4.21 Å². The lowest BCUT2D eigenvalue weighted by Gasteiger charge is -2.42. The molecule has 1 saturated carbocycles. The lowest BCUT2D eigenvalue weighted by molar-refractivity contribution is 0.265. The summed E-state index contributed by atoms with van der Waals surface area (Å²) in [5.74, 6) is 1.65. The van der Waals surface area contributed by atoms with Crippen LogP contribution in [0.1, 0.15) is 54.2 Å². The molecule has 1 aliphatic carbocycles. The van der Waals surface area contributed by atoms with Crippen molar-refractivity contribution in [2.45, 2.75) is 55.2 Å². The molecule has 0 amide bonds. The van der Waals surface area contributed by atoms with Crippen LogP contribution in [0.4, 0.5) is 0 Å². The summed E-state index contributed by atoms with van der Waals surface area (Å²) in [6.07, 6.45) is 8.28. The molecule has 0 spiro atoms. The van der Waals surface area contributed by atoms with Gasteiger partial charge in [-0.15, -0.1) is 11.3 Å². The first-order valence-corrected chi connectivity index (χ1v) is 12.5. The SMILES string of the molecule is Cc1ncc2n1NC1=C([S@](=O)C3CCC3)SC3NC(c4nccs4)CC2C13. The summed E-state index contributed by atoms with van der Waals surface area (Å²) in [7, 11) is -0.907. The Labute approximate surface area is 168 Å². The minimum atomic E-state index is -0.907. The fourth-order valence-electron chi connectivity index (χ4n) is 4.64. The van der Waals surface area contributed by atoms with Crippen LogP contribution in [0, 0.1) is 12.8 Å². The van der Waals surface area contributed by atoms with Crippen LogP contribution in [0.3, 0.4) is 0 Å². The van der Waals surface area contributed by atoms with Crippen molar-refractivity contribution in [2.75, 3.05) is 5.43 Å². The summed E-state index contributed by atoms with van der Waals surface area (Å²) in [5, 5.41) is 7.57. The first kappa shape index (κ1) is 16.8. The Hall–Kier alpha value is -1.16. The standard InChI is InChI=1S/C18H21N5OS3/c1-9-20-8-13-11-7-12(16-19-5-6-25-16)21-17-14(11)15(22-23(9)13)18(26-17)27(24)10-3-2-4-10/h5-6,8,10-12,14,17,21-22H,2-4,7H2,1H3/t11?,12?,14?,17?,27-/m1/s1. The topological polar surface area (TPSA) is 71.8 Å². The summed E-state index contributed by atoms with van der Waals surface area (Å²) in [5.41, 5.74) is 5.99. The average molecular weight is 420 g/mol. The van der Waals surface area contributed by atoms with Crippen molar-refractivity contribution in [1.29, 1.82) is 0 Å². The molecule has 3 aliphatic heterocycles. The van der Waals surface area contributed by atoms with Crippen LogP contribution in [0.5, 0.6) is 0 Å². The molecule has 27 heavy (non-hydrogen) atoms. The third kappa shape index (κ3) is 2.44. The number of aromatic nitrogens is 3. The molecule has 4 unspecified atom stereocenters. The molecule has 6 rings (SSSR count). The van der Waals surface area contributed by atoms with Gasteiger partial charge in [-0.05, 0) is 26.2 Å². The monoisotopic (exact) mass is 419 g/mol. The van der Waals surface area contributed by atoms with E-state index in [-0.39, 0.29) is 11.4 Å². The van der Waals surface area contributed by atoms with Gasteiger partial charge in [0.2, 0.25) is 0 Å². The van der Waals surface area contributed by atoms with Gasteiger partial charge in [-0.3, -0.25) is 15.0 Å². The molecule has 0 bridgehead atoms. The van der Waals surface area contributed by atoms with Gasteiger partial charge in [0.25, 0.3) is 0 Å². The Morgan fingerprint density at radius 1 is 1.33 bits per heavy atom. The van der Waals surface area contributed by atoms with Gasteiger partial charge in [0, 0.05) is 28.7 Å². The third-order valence-corrected chi connectivity index (χ3v) is 10.7. The van der Waals surface area contributed by atoms with Crippen molar-refractivity contribution in [1.82, 2.24) is 20.0 Å². The van der Waals surface area contributed by atoms with Gasteiger partial charge in [0.1, 0.15) is 10.8 Å². The molecule has 2 fully saturated rings. The minimum Gasteiger partial charge on any atom is -0.295 e. The highest BCUT2D eigenvalue weighted by Crippen LogP contribution is 2.56. The first-order valence-electron chi connectivity index (χ1n) is 9.49. The largest absolute Gasteiger partial charge is 0.295 e. The Kier molecular flexibility index (Phi) is 3.83. The van der Waals surface area contributed by atoms with E-state index < -0.39 is 10.8 Å². The second-order valence-corrected chi connectivity index (χ2v) is 11.7. The predicted molar refractivity (Wildman–Crippen MR) is 109 cm³/mol. The van der Waals surface area contributed by atoms with Crippen molar-refractivity contribution in [3.05, 3.63) is 44.2 Å². The molecule has 2 N–H and O–H groups in total. The van der Waals surface area contributed by atoms with Crippen molar-refractivity contribution >= 4 is 33.9 Å². The molecule has 1 saturated heterocycles. The number of fused-ring (bicyclic) bond motifs is 2. The molecule has 142 valence electrons. The maximum absolute atomic E-state index is 13.2. The van der Waals surface area contributed by atoms with E-state index in [4.69, 9.17) is 0 Å². The van der Waals surface area contributed by atoms with Gasteiger partial charge in [-0.1, -0.05) is 18.2 Å². The molecule has 9 heteroatoms. The second-order valence-electron chi connectivity index (χ2n) is 7.72. The number of nitrogens with one attached hydrogen (secondary N) is 2. The van der Waals surface area contributed by atoms with Crippen molar-refractivity contribution < 1.29 is 4.21 Å². The summed E-state index contributed by atoms with van der Waals surface area (Å²) >= 11 is 3.50. The zero-order valence-electron chi connectivity index (χ0n) is 14.9. The quantitative estimate of drug-likeness (QED) is 0.796. The van der Waals surface area contributed by atoms with Crippen LogP contribution in [-0.4, -0.2) is 29.5 Å². The predicted octanol–water partition coefficient (Wildman–Crippen LogP) is 3.18. The van der Waals surface area contributed by atoms with Crippen LogP contribution in [0.2, 0.25) is 0 Å². The highest BCUT2D eigenvalue weighted by molar-refractivity contribution is 8.17. The molecule has 4 aliphatic rings. The van der Waals surface area contributed by atoms with Crippen LogP contribution < -0.4 is 10.7 Å². The number of imidazole rings is 1. The summed E-state index contributed by atoms with van der Waals surface area (Å²) in [6, 6.07) is 0.239. The van der Waals surface area contributed by atoms with Crippen molar-refractivity contribution in [3.8, 4) is 0 Å². The Bertz CT molecular complexity index is 948. The summed E-state index contributed by atoms with van der Waals surface area (Å²) < 4.78 is 16.4. The van der Waals surface area contributed by atoms with Crippen molar-refractivity contribution in [2.24, 2.45) is 5.92 Å². The average Bonchev–Trinajstić information content (AvgIpc) is 3.34. The number of hydrogen-bond acceptors (Lipinski definition) is 7. The molecule has 0 radical (unpaired) electrons. The zero-order valence-corrected chi connectivity index (χ0v) is 17.4. The normalized spacial score (nSPS) is 33.2. The Morgan fingerprint density at radius 3 is 2.96 bits per heavy atom. The van der Waals surface area contributed by atoms with E-state index in [0.29, 0.717) is 17.1 Å². The highest BCUT2D eigenvalue weighted by atomic mass is 32.2. The number of hydrogen-bond donors (Lipinski definition) is 2. The molecule has 0 aromatic carbocycles. The summed E-state index contributed by atoms with van der Waals surface area (Å²) in [4.78, 5) is 9.12. The molecular weight excluding hydrogens is 398 g/mol. The number of thiazole rings is 1. The van der Waals surface area contributed by atoms with Crippen LogP contribution in [0.15, 0.2) is 27.7 Å². The Balaban J connectivity index is 1.44. The molecule has 2 aromatic heterocycles. The zero-order chi connectivity index (χ0) is 18.1. The van der Waals surface area contributed by atoms with Gasteiger partial charge in [0.15, 0.2) is 0 Å². The van der Waals surface area contributed by atoms with Gasteiger partial charge in [0.05, 0.1) is 44.0 Å². The van der Waals surface area contributed by atoms with E-state index in [2.05, 4.69) is 25.4 Å². The van der Waals surface area contributed by atoms with E-state index >= 15 is 0 Å². The molecule has 5 heterocycles. The van der Waals surface area contributed by atoms with Crippen LogP contribution in [-0.2, 0) is 10.8 Å². The van der Waals surface area contributed by atoms with Crippen molar-refractivity contribution in [3.63, 3.8) is 0 Å². The highest BCUT2D eigenvalue weighted by Gasteiger charge is 2.52. The smallest absolute Gasteiger partial charge is 0.124 e. The fourth-order valence-corrected chi connectivity index (χ4v) is 9.16. The van der Waals surface area contributed by atoms with Crippen LogP contribution in [0.25, 0.3) is 0 Å². The van der Waals surface area contributed by atoms with E-state index in [0.717, 1.165) is 34.3 Å². The second kappa shape index (κ2) is 6.17. The van der Waals surface area contributed by atoms with Gasteiger partial charge in [-0.2, -0.15) is 0 Å². The maximum atomic E-state index is 13.2. The lowest BCUT2D eigenvalue weighted by atomic mass is 9.78. The van der Waals surface area contributed by atoms with E-state index in [1.54, 1.807) is 23.1 Å². The molecule has 2 aromatic rings. The maximum Gasteiger partial charge on any atom is 0.124 e. The van der Waals surface area contributed by atoms with Gasteiger partial charge in [-0.25, -0.2) is 14.6 Å². The molecule has 5 atom stereocenters. The number of piperidine rings is 1. The van der Waals surface area contributed by atoms with E-state index in [1.165, 1.54) is 17.8 Å². The molecule has 6 nitrogen and oxygen atoms in total. The van der Waals surface area contributed by atoms with Crippen LogP contribution >= 0.6 is 23.1 Å². The number of aryl methyl sites for hydroxylation is 1. The van der Waals surface area contributed by atoms with Gasteiger partial charge < -0.3 is 0 Å². The fraction of sp³-hybridized carbons (Fsp3) is 0.556. The number of thioether (sulfide) groups is 1. The lowest BCUT2D eigenvalue weighted by Crippen LogP contribution is -2.48. The first-order chi connectivity index (χ1) is 13.2. The number of nitrogens with zero attached hydrogens (tertiary/aromatic N) is 3. The Morgan fingerprint density at radius 2 is 2.22 bits per heavy atom.